The Bertz CT molecular complexity index is 839. The molecule has 6 nitrogen and oxygen atoms in total. The number of hydrogen-bond donors (Lipinski definition) is 1. The zero-order valence-corrected chi connectivity index (χ0v) is 15.3. The summed E-state index contributed by atoms with van der Waals surface area (Å²) in [6, 6.07) is 12.4. The normalized spacial score (nSPS) is 12.4. The summed E-state index contributed by atoms with van der Waals surface area (Å²) in [7, 11) is -2.65. The first-order valence-electron chi connectivity index (χ1n) is 7.41. The van der Waals surface area contributed by atoms with Crippen molar-refractivity contribution in [2.45, 2.75) is 17.9 Å². The highest BCUT2D eigenvalue weighted by Gasteiger charge is 2.21. The number of ether oxygens (including phenoxy) is 2. The van der Waals surface area contributed by atoms with Crippen molar-refractivity contribution in [2.75, 3.05) is 13.7 Å². The van der Waals surface area contributed by atoms with Crippen LogP contribution in [0.1, 0.15) is 17.3 Å². The summed E-state index contributed by atoms with van der Waals surface area (Å²) < 4.78 is 37.6. The van der Waals surface area contributed by atoms with Crippen molar-refractivity contribution >= 4 is 27.6 Å². The molecule has 0 aliphatic heterocycles. The van der Waals surface area contributed by atoms with E-state index in [4.69, 9.17) is 16.3 Å². The summed E-state index contributed by atoms with van der Waals surface area (Å²) in [5.74, 6) is -0.0597. The molecule has 0 saturated heterocycles. The fourth-order valence-corrected chi connectivity index (χ4v) is 3.49. The van der Waals surface area contributed by atoms with Gasteiger partial charge < -0.3 is 9.47 Å². The molecule has 8 heteroatoms. The molecule has 0 aliphatic rings. The lowest BCUT2D eigenvalue weighted by molar-refractivity contribution is 0.0600. The molecule has 0 heterocycles. The second-order valence-corrected chi connectivity index (χ2v) is 7.40. The Labute approximate surface area is 151 Å². The molecule has 25 heavy (non-hydrogen) atoms. The van der Waals surface area contributed by atoms with E-state index in [-0.39, 0.29) is 22.1 Å². The zero-order valence-electron chi connectivity index (χ0n) is 13.7. The predicted molar refractivity (Wildman–Crippen MR) is 94.5 cm³/mol. The lowest BCUT2D eigenvalue weighted by Crippen LogP contribution is -2.36. The minimum Gasteiger partial charge on any atom is -0.492 e. The predicted octanol–water partition coefficient (Wildman–Crippen LogP) is 2.87. The SMILES string of the molecule is COC(=O)c1cc(S(=O)(=O)N[C@@H](C)COc2ccccc2)ccc1Cl. The van der Waals surface area contributed by atoms with Crippen LogP contribution >= 0.6 is 11.6 Å². The molecule has 2 aromatic carbocycles. The fourth-order valence-electron chi connectivity index (χ4n) is 2.04. The van der Waals surface area contributed by atoms with Crippen LogP contribution < -0.4 is 9.46 Å². The van der Waals surface area contributed by atoms with Crippen LogP contribution in [0.3, 0.4) is 0 Å². The van der Waals surface area contributed by atoms with Gasteiger partial charge in [0.1, 0.15) is 12.4 Å². The number of nitrogens with one attached hydrogen (secondary N) is 1. The number of hydrogen-bond acceptors (Lipinski definition) is 5. The summed E-state index contributed by atoms with van der Waals surface area (Å²) in [5.41, 5.74) is -0.0137. The smallest absolute Gasteiger partial charge is 0.339 e. The van der Waals surface area contributed by atoms with E-state index < -0.39 is 22.0 Å². The van der Waals surface area contributed by atoms with Crippen LogP contribution in [0.4, 0.5) is 0 Å². The van der Waals surface area contributed by atoms with Gasteiger partial charge in [-0.1, -0.05) is 29.8 Å². The highest BCUT2D eigenvalue weighted by molar-refractivity contribution is 7.89. The van der Waals surface area contributed by atoms with Crippen LogP contribution in [0.25, 0.3) is 0 Å². The molecule has 0 aromatic heterocycles. The van der Waals surface area contributed by atoms with Gasteiger partial charge in [-0.3, -0.25) is 0 Å². The largest absolute Gasteiger partial charge is 0.492 e. The highest BCUT2D eigenvalue weighted by atomic mass is 35.5. The minimum atomic E-state index is -3.84. The average molecular weight is 384 g/mol. The molecule has 0 radical (unpaired) electrons. The van der Waals surface area contributed by atoms with Gasteiger partial charge in [-0.15, -0.1) is 0 Å². The van der Waals surface area contributed by atoms with E-state index in [1.54, 1.807) is 19.1 Å². The summed E-state index contributed by atoms with van der Waals surface area (Å²) in [4.78, 5) is 11.6. The first-order valence-corrected chi connectivity index (χ1v) is 9.27. The lowest BCUT2D eigenvalue weighted by Gasteiger charge is -2.16. The number of halogens is 1. The van der Waals surface area contributed by atoms with Crippen molar-refractivity contribution in [1.82, 2.24) is 4.72 Å². The van der Waals surface area contributed by atoms with Gasteiger partial charge in [0.15, 0.2) is 0 Å². The standard InChI is InChI=1S/C17H18ClNO5S/c1-12(11-24-13-6-4-3-5-7-13)19-25(21,22)14-8-9-16(18)15(10-14)17(20)23-2/h3-10,12,19H,11H2,1-2H3/t12-/m0/s1. The van der Waals surface area contributed by atoms with Crippen molar-refractivity contribution in [1.29, 1.82) is 0 Å². The summed E-state index contributed by atoms with van der Waals surface area (Å²) in [6.07, 6.45) is 0. The van der Waals surface area contributed by atoms with E-state index in [2.05, 4.69) is 9.46 Å². The van der Waals surface area contributed by atoms with Gasteiger partial charge >= 0.3 is 5.97 Å². The third-order valence-corrected chi connectivity index (χ3v) is 5.17. The molecular formula is C17H18ClNO5S. The second-order valence-electron chi connectivity index (χ2n) is 5.28. The van der Waals surface area contributed by atoms with E-state index in [0.29, 0.717) is 5.75 Å². The Balaban J connectivity index is 2.09. The zero-order chi connectivity index (χ0) is 18.4. The number of carbonyl (C=O) groups is 1. The molecule has 0 bridgehead atoms. The lowest BCUT2D eigenvalue weighted by atomic mass is 10.2. The maximum absolute atomic E-state index is 12.5. The molecule has 2 rings (SSSR count). The minimum absolute atomic E-state index is 0.0137. The number of rotatable bonds is 7. The van der Waals surface area contributed by atoms with Crippen LogP contribution in [-0.2, 0) is 14.8 Å². The summed E-state index contributed by atoms with van der Waals surface area (Å²) >= 11 is 5.91. The number of methoxy groups -OCH3 is 1. The van der Waals surface area contributed by atoms with Crippen molar-refractivity contribution in [3.63, 3.8) is 0 Å². The van der Waals surface area contributed by atoms with Crippen LogP contribution in [0.15, 0.2) is 53.4 Å². The first kappa shape index (κ1) is 19.2. The number of benzene rings is 2. The first-order chi connectivity index (χ1) is 11.8. The Morgan fingerprint density at radius 3 is 2.52 bits per heavy atom. The molecule has 134 valence electrons. The van der Waals surface area contributed by atoms with Gasteiger partial charge in [0.25, 0.3) is 0 Å². The van der Waals surface area contributed by atoms with Crippen molar-refractivity contribution in [3.8, 4) is 5.75 Å². The number of para-hydroxylation sites is 1. The van der Waals surface area contributed by atoms with Crippen molar-refractivity contribution in [2.24, 2.45) is 0 Å². The average Bonchev–Trinajstić information content (AvgIpc) is 2.60. The number of carbonyl (C=O) groups excluding carboxylic acids is 1. The topological polar surface area (TPSA) is 81.7 Å². The van der Waals surface area contributed by atoms with Crippen LogP contribution in [-0.4, -0.2) is 34.1 Å². The van der Waals surface area contributed by atoms with Gasteiger partial charge in [0.2, 0.25) is 10.0 Å². The second kappa shape index (κ2) is 8.33. The van der Waals surface area contributed by atoms with Crippen LogP contribution in [0, 0.1) is 0 Å². The van der Waals surface area contributed by atoms with Gasteiger partial charge in [0, 0.05) is 0 Å². The summed E-state index contributed by atoms with van der Waals surface area (Å²) in [6.45, 7) is 1.83. The van der Waals surface area contributed by atoms with Crippen LogP contribution in [0.2, 0.25) is 5.02 Å². The molecule has 0 spiro atoms. The molecule has 0 aliphatic carbocycles. The van der Waals surface area contributed by atoms with Crippen molar-refractivity contribution in [3.05, 3.63) is 59.1 Å². The molecule has 1 N–H and O–H groups in total. The Morgan fingerprint density at radius 2 is 1.88 bits per heavy atom. The van der Waals surface area contributed by atoms with E-state index in [9.17, 15) is 13.2 Å². The molecule has 0 fully saturated rings. The Morgan fingerprint density at radius 1 is 1.20 bits per heavy atom. The number of sulfonamides is 1. The van der Waals surface area contributed by atoms with E-state index in [1.165, 1.54) is 25.3 Å². The third kappa shape index (κ3) is 5.19. The number of esters is 1. The maximum Gasteiger partial charge on any atom is 0.339 e. The Kier molecular flexibility index (Phi) is 6.41. The van der Waals surface area contributed by atoms with Gasteiger partial charge in [0.05, 0.1) is 28.6 Å². The van der Waals surface area contributed by atoms with Gasteiger partial charge in [-0.05, 0) is 37.3 Å². The fraction of sp³-hybridized carbons (Fsp3) is 0.235. The molecule has 0 unspecified atom stereocenters. The monoisotopic (exact) mass is 383 g/mol. The van der Waals surface area contributed by atoms with E-state index in [1.807, 2.05) is 18.2 Å². The highest BCUT2D eigenvalue weighted by Crippen LogP contribution is 2.21. The molecule has 0 amide bonds. The molecular weight excluding hydrogens is 366 g/mol. The van der Waals surface area contributed by atoms with Crippen molar-refractivity contribution < 1.29 is 22.7 Å². The Hall–Kier alpha value is -2.09. The van der Waals surface area contributed by atoms with Gasteiger partial charge in [-0.25, -0.2) is 17.9 Å². The van der Waals surface area contributed by atoms with E-state index >= 15 is 0 Å². The molecule has 1 atom stereocenters. The molecule has 2 aromatic rings. The maximum atomic E-state index is 12.5. The quantitative estimate of drug-likeness (QED) is 0.743. The third-order valence-electron chi connectivity index (χ3n) is 3.25. The van der Waals surface area contributed by atoms with Crippen LogP contribution in [0.5, 0.6) is 5.75 Å². The van der Waals surface area contributed by atoms with Gasteiger partial charge in [-0.2, -0.15) is 0 Å². The van der Waals surface area contributed by atoms with E-state index in [0.717, 1.165) is 0 Å². The molecule has 0 saturated carbocycles. The summed E-state index contributed by atoms with van der Waals surface area (Å²) in [5, 5.41) is 0.117.